The highest BCUT2D eigenvalue weighted by Gasteiger charge is 2.02. The Labute approximate surface area is 99.2 Å². The van der Waals surface area contributed by atoms with Crippen molar-refractivity contribution in [3.8, 4) is 0 Å². The first kappa shape index (κ1) is 11.1. The Hall–Kier alpha value is -1.39. The van der Waals surface area contributed by atoms with Crippen LogP contribution in [0.3, 0.4) is 0 Å². The van der Waals surface area contributed by atoms with Crippen molar-refractivity contribution in [1.82, 2.24) is 0 Å². The highest BCUT2D eigenvalue weighted by Crippen LogP contribution is 2.23. The summed E-state index contributed by atoms with van der Waals surface area (Å²) in [5.74, 6) is 0. The lowest BCUT2D eigenvalue weighted by Crippen LogP contribution is -1.87. The number of hydrogen-bond acceptors (Lipinski definition) is 0. The van der Waals surface area contributed by atoms with Crippen LogP contribution in [0.15, 0.2) is 66.7 Å². The highest BCUT2D eigenvalue weighted by atomic mass is 31.0. The van der Waals surface area contributed by atoms with E-state index in [1.54, 1.807) is 0 Å². The molecule has 1 heteroatoms. The van der Waals surface area contributed by atoms with Crippen LogP contribution < -0.4 is 0 Å². The lowest BCUT2D eigenvalue weighted by Gasteiger charge is -2.07. The van der Waals surface area contributed by atoms with Crippen molar-refractivity contribution < 1.29 is 0 Å². The highest BCUT2D eigenvalue weighted by molar-refractivity contribution is 7.16. The van der Waals surface area contributed by atoms with Crippen LogP contribution in [0.5, 0.6) is 0 Å². The Balaban J connectivity index is 2.44. The molecule has 0 aliphatic rings. The quantitative estimate of drug-likeness (QED) is 0.694. The summed E-state index contributed by atoms with van der Waals surface area (Å²) < 4.78 is 0. The minimum atomic E-state index is 0.971. The molecule has 2 rings (SSSR count). The van der Waals surface area contributed by atoms with Crippen molar-refractivity contribution in [2.75, 3.05) is 6.16 Å². The van der Waals surface area contributed by atoms with Gasteiger partial charge in [-0.05, 0) is 22.9 Å². The number of allylic oxidation sites excluding steroid dienone is 1. The number of benzene rings is 2. The largest absolute Gasteiger partial charge is 0.134 e. The molecule has 0 radical (unpaired) electrons. The zero-order valence-corrected chi connectivity index (χ0v) is 10.3. The molecule has 0 bridgehead atoms. The van der Waals surface area contributed by atoms with Gasteiger partial charge >= 0.3 is 0 Å². The van der Waals surface area contributed by atoms with Crippen molar-refractivity contribution in [2.45, 2.75) is 0 Å². The normalized spacial score (nSPS) is 9.81. The average Bonchev–Trinajstić information content (AvgIpc) is 2.38. The zero-order valence-electron chi connectivity index (χ0n) is 9.14. The van der Waals surface area contributed by atoms with E-state index in [-0.39, 0.29) is 0 Å². The summed E-state index contributed by atoms with van der Waals surface area (Å²) in [4.78, 5) is 0. The summed E-state index contributed by atoms with van der Waals surface area (Å²) in [6, 6.07) is 21.0. The maximum Gasteiger partial charge on any atom is -0.0148 e. The number of hydrogen-bond donors (Lipinski definition) is 0. The van der Waals surface area contributed by atoms with Gasteiger partial charge in [-0.2, -0.15) is 0 Å². The molecule has 0 aliphatic heterocycles. The van der Waals surface area contributed by atoms with Crippen LogP contribution in [0.2, 0.25) is 0 Å². The van der Waals surface area contributed by atoms with Gasteiger partial charge in [-0.15, -0.1) is 9.24 Å². The molecule has 1 unspecified atom stereocenters. The van der Waals surface area contributed by atoms with Crippen molar-refractivity contribution in [3.05, 3.63) is 77.9 Å². The molecule has 0 N–H and O–H groups in total. The van der Waals surface area contributed by atoms with Gasteiger partial charge in [0, 0.05) is 0 Å². The van der Waals surface area contributed by atoms with E-state index in [4.69, 9.17) is 0 Å². The molecule has 0 nitrogen and oxygen atoms in total. The molecule has 0 spiro atoms. The van der Waals surface area contributed by atoms with E-state index in [0.717, 1.165) is 6.16 Å². The fourth-order valence-corrected chi connectivity index (χ4v) is 1.99. The summed E-state index contributed by atoms with van der Waals surface area (Å²) in [5, 5.41) is 0. The standard InChI is InChI=1S/C15H15P/c16-12-11-15(13-7-3-1-4-8-13)14-9-5-2-6-10-14/h1-11H,12,16H2. The van der Waals surface area contributed by atoms with Gasteiger partial charge in [-0.25, -0.2) is 0 Å². The molecule has 16 heavy (non-hydrogen) atoms. The second kappa shape index (κ2) is 5.63. The third-order valence-corrected chi connectivity index (χ3v) is 2.73. The molecule has 80 valence electrons. The molecule has 0 fully saturated rings. The van der Waals surface area contributed by atoms with E-state index in [1.807, 2.05) is 12.1 Å². The van der Waals surface area contributed by atoms with Gasteiger partial charge in [0.1, 0.15) is 0 Å². The molecular formula is C15H15P. The molecule has 0 amide bonds. The summed E-state index contributed by atoms with van der Waals surface area (Å²) in [7, 11) is 2.75. The van der Waals surface area contributed by atoms with E-state index in [2.05, 4.69) is 63.8 Å². The van der Waals surface area contributed by atoms with Crippen LogP contribution in [0.1, 0.15) is 11.1 Å². The maximum absolute atomic E-state index is 2.75. The predicted octanol–water partition coefficient (Wildman–Crippen LogP) is 3.99. The average molecular weight is 226 g/mol. The van der Waals surface area contributed by atoms with Gasteiger partial charge in [0.2, 0.25) is 0 Å². The fraction of sp³-hybridized carbons (Fsp3) is 0.0667. The van der Waals surface area contributed by atoms with Crippen LogP contribution >= 0.6 is 9.24 Å². The van der Waals surface area contributed by atoms with E-state index in [9.17, 15) is 0 Å². The van der Waals surface area contributed by atoms with Gasteiger partial charge in [0.05, 0.1) is 0 Å². The van der Waals surface area contributed by atoms with E-state index in [0.29, 0.717) is 0 Å². The van der Waals surface area contributed by atoms with Crippen LogP contribution in [-0.4, -0.2) is 6.16 Å². The van der Waals surface area contributed by atoms with E-state index < -0.39 is 0 Å². The van der Waals surface area contributed by atoms with Crippen LogP contribution in [-0.2, 0) is 0 Å². The second-order valence-corrected chi connectivity index (χ2v) is 4.06. The zero-order chi connectivity index (χ0) is 11.2. The third kappa shape index (κ3) is 2.59. The predicted molar refractivity (Wildman–Crippen MR) is 74.5 cm³/mol. The molecule has 0 saturated heterocycles. The monoisotopic (exact) mass is 226 g/mol. The molecule has 0 saturated carbocycles. The summed E-state index contributed by atoms with van der Waals surface area (Å²) >= 11 is 0. The molecule has 0 aromatic heterocycles. The van der Waals surface area contributed by atoms with E-state index >= 15 is 0 Å². The van der Waals surface area contributed by atoms with Gasteiger partial charge in [0.25, 0.3) is 0 Å². The van der Waals surface area contributed by atoms with Crippen LogP contribution in [0, 0.1) is 0 Å². The first-order chi connectivity index (χ1) is 7.92. The maximum atomic E-state index is 2.75. The van der Waals surface area contributed by atoms with Crippen molar-refractivity contribution in [2.24, 2.45) is 0 Å². The van der Waals surface area contributed by atoms with Crippen molar-refractivity contribution in [1.29, 1.82) is 0 Å². The molecular weight excluding hydrogens is 211 g/mol. The summed E-state index contributed by atoms with van der Waals surface area (Å²) in [5.41, 5.74) is 3.85. The molecule has 2 aromatic carbocycles. The Morgan fingerprint density at radius 3 is 1.62 bits per heavy atom. The second-order valence-electron chi connectivity index (χ2n) is 3.59. The van der Waals surface area contributed by atoms with Crippen LogP contribution in [0.25, 0.3) is 5.57 Å². The van der Waals surface area contributed by atoms with Gasteiger partial charge in [-0.3, -0.25) is 0 Å². The molecule has 0 heterocycles. The minimum Gasteiger partial charge on any atom is -0.134 e. The van der Waals surface area contributed by atoms with Crippen LogP contribution in [0.4, 0.5) is 0 Å². The molecule has 1 atom stereocenters. The lowest BCUT2D eigenvalue weighted by atomic mass is 9.98. The van der Waals surface area contributed by atoms with Crippen molar-refractivity contribution in [3.63, 3.8) is 0 Å². The topological polar surface area (TPSA) is 0 Å². The summed E-state index contributed by atoms with van der Waals surface area (Å²) in [6.07, 6.45) is 3.22. The SMILES string of the molecule is PCC=C(c1ccccc1)c1ccccc1. The Bertz CT molecular complexity index is 416. The van der Waals surface area contributed by atoms with Crippen molar-refractivity contribution >= 4 is 14.8 Å². The first-order valence-electron chi connectivity index (χ1n) is 5.43. The van der Waals surface area contributed by atoms with Gasteiger partial charge < -0.3 is 0 Å². The van der Waals surface area contributed by atoms with Gasteiger partial charge in [-0.1, -0.05) is 66.7 Å². The summed E-state index contributed by atoms with van der Waals surface area (Å²) in [6.45, 7) is 0. The number of rotatable bonds is 3. The minimum absolute atomic E-state index is 0.971. The first-order valence-corrected chi connectivity index (χ1v) is 6.24. The fourth-order valence-electron chi connectivity index (χ4n) is 1.76. The Kier molecular flexibility index (Phi) is 3.91. The van der Waals surface area contributed by atoms with E-state index in [1.165, 1.54) is 16.7 Å². The lowest BCUT2D eigenvalue weighted by molar-refractivity contribution is 1.53. The molecule has 0 aliphatic carbocycles. The smallest absolute Gasteiger partial charge is 0.0148 e. The van der Waals surface area contributed by atoms with Gasteiger partial charge in [0.15, 0.2) is 0 Å². The molecule has 2 aromatic rings. The Morgan fingerprint density at radius 1 is 0.812 bits per heavy atom. The Morgan fingerprint density at radius 2 is 1.25 bits per heavy atom. The third-order valence-electron chi connectivity index (χ3n) is 2.49.